The number of nitrogens with zero attached hydrogens (tertiary/aromatic N) is 3. The van der Waals surface area contributed by atoms with Crippen LogP contribution in [0.15, 0.2) is 52.4 Å². The monoisotopic (exact) mass is 327 g/mol. The Morgan fingerprint density at radius 1 is 1.26 bits per heavy atom. The molecule has 1 aromatic carbocycles. The van der Waals surface area contributed by atoms with Crippen LogP contribution in [0.25, 0.3) is 10.2 Å². The van der Waals surface area contributed by atoms with E-state index in [0.29, 0.717) is 21.6 Å². The standard InChI is InChI=1S/C17H17N3O2S/c1-3-11-20-16(21)14-5-4-10-18-15(14)23-17(20)19-12-6-8-13(22-2)9-7-12/h4-10H,3,11H2,1-2H3/b19-17-. The van der Waals surface area contributed by atoms with Crippen LogP contribution in [0.2, 0.25) is 0 Å². The highest BCUT2D eigenvalue weighted by Gasteiger charge is 2.07. The lowest BCUT2D eigenvalue weighted by Gasteiger charge is -2.06. The van der Waals surface area contributed by atoms with Gasteiger partial charge in [-0.2, -0.15) is 0 Å². The van der Waals surface area contributed by atoms with Gasteiger partial charge in [-0.25, -0.2) is 9.98 Å². The van der Waals surface area contributed by atoms with E-state index in [9.17, 15) is 4.79 Å². The van der Waals surface area contributed by atoms with E-state index in [1.165, 1.54) is 11.3 Å². The molecule has 5 nitrogen and oxygen atoms in total. The number of aromatic nitrogens is 2. The quantitative estimate of drug-likeness (QED) is 0.740. The summed E-state index contributed by atoms with van der Waals surface area (Å²) in [6, 6.07) is 11.0. The van der Waals surface area contributed by atoms with Crippen molar-refractivity contribution in [2.75, 3.05) is 7.11 Å². The minimum Gasteiger partial charge on any atom is -0.497 e. The van der Waals surface area contributed by atoms with Crippen molar-refractivity contribution in [1.82, 2.24) is 9.55 Å². The fourth-order valence-corrected chi connectivity index (χ4v) is 3.27. The molecule has 6 heteroatoms. The van der Waals surface area contributed by atoms with Crippen molar-refractivity contribution in [3.63, 3.8) is 0 Å². The van der Waals surface area contributed by atoms with E-state index in [0.717, 1.165) is 17.9 Å². The molecule has 0 saturated carbocycles. The minimum atomic E-state index is -0.0408. The summed E-state index contributed by atoms with van der Waals surface area (Å²) in [5.74, 6) is 0.777. The van der Waals surface area contributed by atoms with Gasteiger partial charge in [0.05, 0.1) is 18.2 Å². The molecule has 0 unspecified atom stereocenters. The highest BCUT2D eigenvalue weighted by atomic mass is 32.1. The van der Waals surface area contributed by atoms with E-state index < -0.39 is 0 Å². The molecule has 0 spiro atoms. The Morgan fingerprint density at radius 2 is 2.04 bits per heavy atom. The summed E-state index contributed by atoms with van der Waals surface area (Å²) in [6.07, 6.45) is 2.56. The average Bonchev–Trinajstić information content (AvgIpc) is 2.59. The topological polar surface area (TPSA) is 56.5 Å². The van der Waals surface area contributed by atoms with Crippen LogP contribution in [0, 0.1) is 0 Å². The molecule has 0 aliphatic carbocycles. The zero-order valence-corrected chi connectivity index (χ0v) is 13.8. The number of hydrogen-bond acceptors (Lipinski definition) is 5. The molecule has 0 fully saturated rings. The number of fused-ring (bicyclic) bond motifs is 1. The zero-order valence-electron chi connectivity index (χ0n) is 13.0. The van der Waals surface area contributed by atoms with Gasteiger partial charge in [-0.3, -0.25) is 9.36 Å². The van der Waals surface area contributed by atoms with Gasteiger partial charge in [0, 0.05) is 12.7 Å². The molecule has 23 heavy (non-hydrogen) atoms. The van der Waals surface area contributed by atoms with Gasteiger partial charge in [0.1, 0.15) is 10.6 Å². The molecule has 2 aromatic heterocycles. The van der Waals surface area contributed by atoms with Crippen molar-refractivity contribution in [2.24, 2.45) is 4.99 Å². The molecule has 3 rings (SSSR count). The summed E-state index contributed by atoms with van der Waals surface area (Å²) < 4.78 is 6.88. The van der Waals surface area contributed by atoms with Crippen molar-refractivity contribution in [1.29, 1.82) is 0 Å². The Balaban J connectivity index is 2.23. The summed E-state index contributed by atoms with van der Waals surface area (Å²) in [5.41, 5.74) is 0.738. The largest absolute Gasteiger partial charge is 0.497 e. The highest BCUT2D eigenvalue weighted by molar-refractivity contribution is 7.15. The van der Waals surface area contributed by atoms with Gasteiger partial charge in [0.25, 0.3) is 5.56 Å². The van der Waals surface area contributed by atoms with E-state index in [2.05, 4.69) is 9.98 Å². The second-order valence-electron chi connectivity index (χ2n) is 5.01. The van der Waals surface area contributed by atoms with E-state index in [4.69, 9.17) is 4.74 Å². The van der Waals surface area contributed by atoms with Crippen LogP contribution in [-0.4, -0.2) is 16.7 Å². The Labute approximate surface area is 137 Å². The summed E-state index contributed by atoms with van der Waals surface area (Å²) in [5, 5.41) is 0.639. The van der Waals surface area contributed by atoms with Gasteiger partial charge in [0.15, 0.2) is 4.80 Å². The van der Waals surface area contributed by atoms with Crippen molar-refractivity contribution >= 4 is 27.2 Å². The Morgan fingerprint density at radius 3 is 2.74 bits per heavy atom. The van der Waals surface area contributed by atoms with E-state index in [-0.39, 0.29) is 5.56 Å². The average molecular weight is 327 g/mol. The molecule has 0 N–H and O–H groups in total. The number of methoxy groups -OCH3 is 1. The molecule has 0 atom stereocenters. The predicted octanol–water partition coefficient (Wildman–Crippen LogP) is 3.11. The SMILES string of the molecule is CCCn1c(=O)c2cccnc2s/c1=N\c1ccc(OC)cc1. The third-order valence-corrected chi connectivity index (χ3v) is 4.42. The van der Waals surface area contributed by atoms with Gasteiger partial charge in [-0.05, 0) is 42.8 Å². The lowest BCUT2D eigenvalue weighted by Crippen LogP contribution is -2.31. The Kier molecular flexibility index (Phi) is 4.52. The molecule has 0 bridgehead atoms. The Bertz CT molecular complexity index is 942. The van der Waals surface area contributed by atoms with Gasteiger partial charge in [0.2, 0.25) is 0 Å². The van der Waals surface area contributed by atoms with E-state index in [1.807, 2.05) is 37.3 Å². The first-order valence-corrected chi connectivity index (χ1v) is 8.22. The van der Waals surface area contributed by atoms with Crippen molar-refractivity contribution in [2.45, 2.75) is 19.9 Å². The lowest BCUT2D eigenvalue weighted by molar-refractivity contribution is 0.415. The van der Waals surface area contributed by atoms with Crippen molar-refractivity contribution < 1.29 is 4.74 Å². The van der Waals surface area contributed by atoms with E-state index in [1.54, 1.807) is 23.9 Å². The van der Waals surface area contributed by atoms with Crippen LogP contribution < -0.4 is 15.1 Å². The fraction of sp³-hybridized carbons (Fsp3) is 0.235. The van der Waals surface area contributed by atoms with Gasteiger partial charge in [-0.1, -0.05) is 18.3 Å². The first kappa shape index (κ1) is 15.4. The Hall–Kier alpha value is -2.47. The maximum absolute atomic E-state index is 12.7. The second kappa shape index (κ2) is 6.75. The highest BCUT2D eigenvalue weighted by Crippen LogP contribution is 2.17. The smallest absolute Gasteiger partial charge is 0.263 e. The molecule has 0 amide bonds. The van der Waals surface area contributed by atoms with Gasteiger partial charge < -0.3 is 4.74 Å². The molecule has 0 radical (unpaired) electrons. The summed E-state index contributed by atoms with van der Waals surface area (Å²) >= 11 is 1.43. The first-order valence-electron chi connectivity index (χ1n) is 7.40. The number of rotatable bonds is 4. The van der Waals surface area contributed by atoms with Crippen LogP contribution in [0.3, 0.4) is 0 Å². The van der Waals surface area contributed by atoms with Crippen LogP contribution in [0.5, 0.6) is 5.75 Å². The normalized spacial score (nSPS) is 11.8. The number of benzene rings is 1. The second-order valence-corrected chi connectivity index (χ2v) is 5.96. The summed E-state index contributed by atoms with van der Waals surface area (Å²) in [4.78, 5) is 23.0. The zero-order chi connectivity index (χ0) is 16.2. The molecule has 0 saturated heterocycles. The minimum absolute atomic E-state index is 0.0408. The lowest BCUT2D eigenvalue weighted by atomic mass is 10.3. The van der Waals surface area contributed by atoms with Gasteiger partial charge in [-0.15, -0.1) is 0 Å². The molecule has 0 aliphatic heterocycles. The predicted molar refractivity (Wildman–Crippen MR) is 92.4 cm³/mol. The van der Waals surface area contributed by atoms with Crippen molar-refractivity contribution in [3.05, 3.63) is 57.8 Å². The third kappa shape index (κ3) is 3.17. The molecule has 2 heterocycles. The molecular weight excluding hydrogens is 310 g/mol. The van der Waals surface area contributed by atoms with Crippen LogP contribution in [-0.2, 0) is 6.54 Å². The number of pyridine rings is 1. The fourth-order valence-electron chi connectivity index (χ4n) is 2.28. The molecule has 0 aliphatic rings. The maximum Gasteiger partial charge on any atom is 0.263 e. The molecule has 3 aromatic rings. The van der Waals surface area contributed by atoms with Gasteiger partial charge >= 0.3 is 0 Å². The van der Waals surface area contributed by atoms with Crippen molar-refractivity contribution in [3.8, 4) is 5.75 Å². The van der Waals surface area contributed by atoms with E-state index >= 15 is 0 Å². The summed E-state index contributed by atoms with van der Waals surface area (Å²) in [7, 11) is 1.63. The summed E-state index contributed by atoms with van der Waals surface area (Å²) in [6.45, 7) is 2.68. The number of hydrogen-bond donors (Lipinski definition) is 0. The van der Waals surface area contributed by atoms with Crippen LogP contribution in [0.4, 0.5) is 5.69 Å². The van der Waals surface area contributed by atoms with Crippen LogP contribution in [0.1, 0.15) is 13.3 Å². The maximum atomic E-state index is 12.7. The third-order valence-electron chi connectivity index (χ3n) is 3.41. The van der Waals surface area contributed by atoms with Crippen LogP contribution >= 0.6 is 11.3 Å². The molecular formula is C17H17N3O2S. The number of ether oxygens (including phenoxy) is 1. The first-order chi connectivity index (χ1) is 11.2. The molecule has 118 valence electrons.